The summed E-state index contributed by atoms with van der Waals surface area (Å²) < 4.78 is 0. The van der Waals surface area contributed by atoms with Gasteiger partial charge in [-0.2, -0.15) is 0 Å². The van der Waals surface area contributed by atoms with E-state index in [-0.39, 0.29) is 25.7 Å². The lowest BCUT2D eigenvalue weighted by Crippen LogP contribution is -2.71. The average Bonchev–Trinajstić information content (AvgIpc) is 3.01. The maximum Gasteiger partial charge on any atom is 0.187 e. The quantitative estimate of drug-likeness (QED) is 0.295. The van der Waals surface area contributed by atoms with E-state index in [0.29, 0.717) is 24.3 Å². The van der Waals surface area contributed by atoms with E-state index in [1.54, 1.807) is 13.8 Å². The van der Waals surface area contributed by atoms with Gasteiger partial charge in [0.25, 0.3) is 0 Å². The Morgan fingerprint density at radius 3 is 2.14 bits per heavy atom. The molecule has 0 bridgehead atoms. The van der Waals surface area contributed by atoms with E-state index in [1.807, 2.05) is 20.8 Å². The van der Waals surface area contributed by atoms with Crippen molar-refractivity contribution in [3.8, 4) is 0 Å². The highest BCUT2D eigenvalue weighted by molar-refractivity contribution is 6.00. The summed E-state index contributed by atoms with van der Waals surface area (Å²) in [4.78, 5) is 13.3. The second-order valence-electron chi connectivity index (χ2n) is 13.1. The molecule has 4 aliphatic carbocycles. The van der Waals surface area contributed by atoms with E-state index in [9.17, 15) is 40.5 Å². The molecule has 0 aromatic rings. The molecule has 3 saturated carbocycles. The zero-order valence-corrected chi connectivity index (χ0v) is 21.6. The average molecular weight is 497 g/mol. The Balaban J connectivity index is 1.76. The predicted molar refractivity (Wildman–Crippen MR) is 128 cm³/mol. The van der Waals surface area contributed by atoms with Gasteiger partial charge in [-0.25, -0.2) is 0 Å². The molecule has 0 aliphatic heterocycles. The van der Waals surface area contributed by atoms with Gasteiger partial charge < -0.3 is 35.7 Å². The Labute approximate surface area is 207 Å². The molecule has 0 amide bonds. The van der Waals surface area contributed by atoms with Gasteiger partial charge in [0.15, 0.2) is 5.78 Å². The first kappa shape index (κ1) is 27.2. The van der Waals surface area contributed by atoms with Crippen LogP contribution in [0.5, 0.6) is 0 Å². The van der Waals surface area contributed by atoms with Gasteiger partial charge in [-0.1, -0.05) is 27.7 Å². The monoisotopic (exact) mass is 496 g/mol. The molecule has 0 aromatic carbocycles. The third-order valence-electron chi connectivity index (χ3n) is 10.6. The zero-order chi connectivity index (χ0) is 26.4. The second-order valence-corrected chi connectivity index (χ2v) is 13.1. The van der Waals surface area contributed by atoms with Crippen molar-refractivity contribution in [1.29, 1.82) is 0 Å². The minimum Gasteiger partial charge on any atom is -0.392 e. The number of carbonyl (C=O) groups excluding carboxylic acids is 1. The van der Waals surface area contributed by atoms with Crippen LogP contribution in [0.15, 0.2) is 11.6 Å². The largest absolute Gasteiger partial charge is 0.392 e. The Kier molecular flexibility index (Phi) is 6.46. The van der Waals surface area contributed by atoms with E-state index in [1.165, 1.54) is 6.08 Å². The molecule has 8 heteroatoms. The van der Waals surface area contributed by atoms with E-state index < -0.39 is 69.7 Å². The molecule has 3 fully saturated rings. The number of rotatable bonds is 5. The van der Waals surface area contributed by atoms with Gasteiger partial charge in [0.2, 0.25) is 0 Å². The number of ketones is 1. The van der Waals surface area contributed by atoms with Crippen LogP contribution in [0.1, 0.15) is 79.6 Å². The Morgan fingerprint density at radius 1 is 0.971 bits per heavy atom. The molecule has 35 heavy (non-hydrogen) atoms. The Morgan fingerprint density at radius 2 is 1.54 bits per heavy atom. The van der Waals surface area contributed by atoms with Crippen LogP contribution in [0, 0.1) is 28.6 Å². The summed E-state index contributed by atoms with van der Waals surface area (Å²) >= 11 is 0. The molecule has 0 unspecified atom stereocenters. The topological polar surface area (TPSA) is 159 Å². The van der Waals surface area contributed by atoms with Gasteiger partial charge in [0.1, 0.15) is 5.60 Å². The zero-order valence-electron chi connectivity index (χ0n) is 21.6. The van der Waals surface area contributed by atoms with Crippen molar-refractivity contribution in [2.24, 2.45) is 28.6 Å². The van der Waals surface area contributed by atoms with E-state index >= 15 is 0 Å². The van der Waals surface area contributed by atoms with Gasteiger partial charge in [0, 0.05) is 23.2 Å². The Hall–Kier alpha value is -0.870. The molecule has 7 N–H and O–H groups in total. The summed E-state index contributed by atoms with van der Waals surface area (Å²) in [6.07, 6.45) is -1.83. The molecule has 11 atom stereocenters. The van der Waals surface area contributed by atoms with Crippen molar-refractivity contribution >= 4 is 5.78 Å². The number of hydrogen-bond acceptors (Lipinski definition) is 8. The number of carbonyl (C=O) groups is 1. The fourth-order valence-electron chi connectivity index (χ4n) is 8.42. The van der Waals surface area contributed by atoms with Crippen LogP contribution >= 0.6 is 0 Å². The lowest BCUT2D eigenvalue weighted by molar-refractivity contribution is -0.228. The van der Waals surface area contributed by atoms with Gasteiger partial charge in [-0.3, -0.25) is 4.79 Å². The van der Waals surface area contributed by atoms with Crippen LogP contribution in [0.3, 0.4) is 0 Å². The maximum absolute atomic E-state index is 13.3. The third kappa shape index (κ3) is 3.55. The Bertz CT molecular complexity index is 900. The van der Waals surface area contributed by atoms with Crippen molar-refractivity contribution in [3.05, 3.63) is 11.6 Å². The van der Waals surface area contributed by atoms with Crippen molar-refractivity contribution < 1.29 is 40.5 Å². The van der Waals surface area contributed by atoms with E-state index in [2.05, 4.69) is 0 Å². The number of aliphatic hydroxyl groups is 7. The van der Waals surface area contributed by atoms with Crippen LogP contribution in [-0.4, -0.2) is 82.7 Å². The molecule has 4 rings (SSSR count). The first-order valence-corrected chi connectivity index (χ1v) is 13.1. The molecular weight excluding hydrogens is 452 g/mol. The van der Waals surface area contributed by atoms with Gasteiger partial charge in [0.05, 0.1) is 35.6 Å². The summed E-state index contributed by atoms with van der Waals surface area (Å²) in [5, 5.41) is 78.4. The third-order valence-corrected chi connectivity index (χ3v) is 10.6. The number of hydrogen-bond donors (Lipinski definition) is 7. The minimum absolute atomic E-state index is 0.0989. The highest BCUT2D eigenvalue weighted by atomic mass is 16.3. The van der Waals surface area contributed by atoms with Crippen molar-refractivity contribution in [3.63, 3.8) is 0 Å². The molecule has 0 heterocycles. The molecule has 4 aliphatic rings. The smallest absolute Gasteiger partial charge is 0.187 e. The summed E-state index contributed by atoms with van der Waals surface area (Å²) in [5.74, 6) is -1.63. The highest BCUT2D eigenvalue weighted by Gasteiger charge is 2.73. The van der Waals surface area contributed by atoms with Gasteiger partial charge in [-0.05, 0) is 68.9 Å². The SMILES string of the molecule is CC(C)CC[C@H](O)[C@](C)(O)[C@@H]1CC[C@@]2(O)C3=CC(=O)[C@@]4(O)C[C@H](O)[C@@H](O)C[C@]4(C)[C@H]3[C@H](O)C[C@@]12C. The maximum atomic E-state index is 13.3. The predicted octanol–water partition coefficient (Wildman–Crippen LogP) is 0.825. The lowest BCUT2D eigenvalue weighted by Gasteiger charge is -2.64. The minimum atomic E-state index is -1.97. The van der Waals surface area contributed by atoms with E-state index in [4.69, 9.17) is 0 Å². The highest BCUT2D eigenvalue weighted by Crippen LogP contribution is 2.69. The lowest BCUT2D eigenvalue weighted by atomic mass is 9.43. The molecule has 0 radical (unpaired) electrons. The molecule has 0 saturated heterocycles. The molecule has 200 valence electrons. The molecule has 0 aromatic heterocycles. The molecule has 8 nitrogen and oxygen atoms in total. The summed E-state index contributed by atoms with van der Waals surface area (Å²) in [6.45, 7) is 9.14. The van der Waals surface area contributed by atoms with Crippen molar-refractivity contribution in [2.45, 2.75) is 121 Å². The standard InChI is InChI=1S/C27H44O8/c1-14(2)6-7-20(31)25(5,33)19-8-9-26(34)15-10-21(32)27(35)13-17(29)16(28)11-24(27,4)22(15)18(30)12-23(19,26)3/h10,14,16-20,22,28-31,33-35H,6-9,11-13H2,1-5H3/t16-,17-,18+,19+,20-,22+,23-,24+,25+,26+,27-/m0/s1. The summed E-state index contributed by atoms with van der Waals surface area (Å²) in [6, 6.07) is 0. The van der Waals surface area contributed by atoms with E-state index in [0.717, 1.165) is 6.42 Å². The second kappa shape index (κ2) is 8.32. The normalized spacial score (nSPS) is 50.1. The van der Waals surface area contributed by atoms with Crippen LogP contribution in [0.25, 0.3) is 0 Å². The summed E-state index contributed by atoms with van der Waals surface area (Å²) in [5.41, 5.74) is -7.02. The summed E-state index contributed by atoms with van der Waals surface area (Å²) in [7, 11) is 0. The fourth-order valence-corrected chi connectivity index (χ4v) is 8.42. The molecule has 0 spiro atoms. The first-order chi connectivity index (χ1) is 16.0. The molecular formula is C27H44O8. The van der Waals surface area contributed by atoms with Crippen molar-refractivity contribution in [2.75, 3.05) is 0 Å². The number of fused-ring (bicyclic) bond motifs is 5. The van der Waals surface area contributed by atoms with Crippen LogP contribution < -0.4 is 0 Å². The van der Waals surface area contributed by atoms with Crippen LogP contribution in [-0.2, 0) is 4.79 Å². The first-order valence-electron chi connectivity index (χ1n) is 13.1. The van der Waals surface area contributed by atoms with Crippen LogP contribution in [0.4, 0.5) is 0 Å². The fraction of sp³-hybridized carbons (Fsp3) is 0.889. The van der Waals surface area contributed by atoms with Gasteiger partial charge in [-0.15, -0.1) is 0 Å². The van der Waals surface area contributed by atoms with Gasteiger partial charge >= 0.3 is 0 Å². The van der Waals surface area contributed by atoms with Crippen LogP contribution in [0.2, 0.25) is 0 Å². The number of aliphatic hydroxyl groups excluding tert-OH is 4. The van der Waals surface area contributed by atoms with Crippen molar-refractivity contribution in [1.82, 2.24) is 0 Å².